The Morgan fingerprint density at radius 1 is 1.03 bits per heavy atom. The van der Waals surface area contributed by atoms with Gasteiger partial charge < -0.3 is 19.5 Å². The van der Waals surface area contributed by atoms with Crippen molar-refractivity contribution in [2.45, 2.75) is 33.2 Å². The second kappa shape index (κ2) is 12.4. The standard InChI is InChI=1S/C27H30N2O5/c1-4-20(27(31)33-5-2)16-19-9-14-24(32-3)22(17-19)18-29-26(30)21-10-12-23(13-11-21)34-25-8-6-7-15-28-25/h6-15,17,20H,4-5,16,18H2,1-3H3,(H,29,30). The van der Waals surface area contributed by atoms with E-state index in [0.717, 1.165) is 11.1 Å². The maximum Gasteiger partial charge on any atom is 0.309 e. The Labute approximate surface area is 200 Å². The lowest BCUT2D eigenvalue weighted by atomic mass is 9.95. The SMILES string of the molecule is CCOC(=O)C(CC)Cc1ccc(OC)c(CNC(=O)c2ccc(Oc3ccccn3)cc2)c1. The molecule has 1 heterocycles. The van der Waals surface area contributed by atoms with Crippen molar-refractivity contribution in [3.05, 3.63) is 83.6 Å². The number of nitrogens with zero attached hydrogens (tertiary/aromatic N) is 1. The molecule has 0 aliphatic carbocycles. The predicted octanol–water partition coefficient (Wildman–Crippen LogP) is 4.94. The number of methoxy groups -OCH3 is 1. The zero-order chi connectivity index (χ0) is 24.3. The third kappa shape index (κ3) is 6.81. The van der Waals surface area contributed by atoms with Crippen LogP contribution in [0.15, 0.2) is 66.9 Å². The van der Waals surface area contributed by atoms with Gasteiger partial charge in [-0.05, 0) is 61.7 Å². The zero-order valence-electron chi connectivity index (χ0n) is 19.7. The zero-order valence-corrected chi connectivity index (χ0v) is 19.7. The van der Waals surface area contributed by atoms with Crippen LogP contribution in [-0.4, -0.2) is 30.6 Å². The molecule has 0 bridgehead atoms. The van der Waals surface area contributed by atoms with Crippen LogP contribution in [0.25, 0.3) is 0 Å². The average Bonchev–Trinajstić information content (AvgIpc) is 2.87. The van der Waals surface area contributed by atoms with Gasteiger partial charge >= 0.3 is 5.97 Å². The Kier molecular flexibility index (Phi) is 9.03. The number of nitrogens with one attached hydrogen (secondary N) is 1. The summed E-state index contributed by atoms with van der Waals surface area (Å²) in [5.41, 5.74) is 2.33. The van der Waals surface area contributed by atoms with E-state index in [4.69, 9.17) is 14.2 Å². The second-order valence-electron chi connectivity index (χ2n) is 7.68. The molecule has 7 heteroatoms. The fourth-order valence-corrected chi connectivity index (χ4v) is 3.52. The summed E-state index contributed by atoms with van der Waals surface area (Å²) in [5, 5.41) is 2.93. The minimum absolute atomic E-state index is 0.189. The molecule has 2 aromatic carbocycles. The molecule has 178 valence electrons. The molecule has 0 aliphatic rings. The number of carbonyl (C=O) groups is 2. The van der Waals surface area contributed by atoms with E-state index in [0.29, 0.717) is 42.4 Å². The highest BCUT2D eigenvalue weighted by atomic mass is 16.5. The molecule has 0 spiro atoms. The molecule has 0 saturated heterocycles. The van der Waals surface area contributed by atoms with Crippen molar-refractivity contribution in [1.29, 1.82) is 0 Å². The molecule has 1 N–H and O–H groups in total. The van der Waals surface area contributed by atoms with Gasteiger partial charge in [0, 0.05) is 29.9 Å². The summed E-state index contributed by atoms with van der Waals surface area (Å²) in [4.78, 5) is 29.0. The van der Waals surface area contributed by atoms with E-state index in [-0.39, 0.29) is 24.3 Å². The van der Waals surface area contributed by atoms with Crippen molar-refractivity contribution >= 4 is 11.9 Å². The minimum Gasteiger partial charge on any atom is -0.496 e. The van der Waals surface area contributed by atoms with E-state index < -0.39 is 0 Å². The summed E-state index contributed by atoms with van der Waals surface area (Å²) in [5.74, 6) is 1.15. The number of hydrogen-bond acceptors (Lipinski definition) is 6. The van der Waals surface area contributed by atoms with Gasteiger partial charge in [0.2, 0.25) is 5.88 Å². The van der Waals surface area contributed by atoms with E-state index in [1.165, 1.54) is 0 Å². The van der Waals surface area contributed by atoms with Crippen molar-refractivity contribution < 1.29 is 23.8 Å². The van der Waals surface area contributed by atoms with Gasteiger partial charge in [0.1, 0.15) is 11.5 Å². The Morgan fingerprint density at radius 2 is 1.82 bits per heavy atom. The first-order valence-electron chi connectivity index (χ1n) is 11.3. The third-order valence-electron chi connectivity index (χ3n) is 5.36. The van der Waals surface area contributed by atoms with Crippen LogP contribution in [0.2, 0.25) is 0 Å². The number of rotatable bonds is 11. The van der Waals surface area contributed by atoms with Crippen molar-refractivity contribution in [3.63, 3.8) is 0 Å². The van der Waals surface area contributed by atoms with Crippen LogP contribution in [0, 0.1) is 5.92 Å². The maximum atomic E-state index is 12.7. The number of pyridine rings is 1. The number of aromatic nitrogens is 1. The number of benzene rings is 2. The van der Waals surface area contributed by atoms with Gasteiger partial charge in [0.25, 0.3) is 5.91 Å². The molecule has 1 aromatic heterocycles. The first kappa shape index (κ1) is 24.8. The van der Waals surface area contributed by atoms with E-state index in [1.54, 1.807) is 50.6 Å². The molecular weight excluding hydrogens is 432 g/mol. The smallest absolute Gasteiger partial charge is 0.309 e. The first-order valence-corrected chi connectivity index (χ1v) is 11.3. The summed E-state index contributed by atoms with van der Waals surface area (Å²) >= 11 is 0. The molecule has 7 nitrogen and oxygen atoms in total. The third-order valence-corrected chi connectivity index (χ3v) is 5.36. The first-order chi connectivity index (χ1) is 16.5. The van der Waals surface area contributed by atoms with Crippen molar-refractivity contribution in [1.82, 2.24) is 10.3 Å². The highest BCUT2D eigenvalue weighted by Crippen LogP contribution is 2.23. The van der Waals surface area contributed by atoms with Gasteiger partial charge in [-0.3, -0.25) is 9.59 Å². The van der Waals surface area contributed by atoms with Crippen molar-refractivity contribution in [2.75, 3.05) is 13.7 Å². The lowest BCUT2D eigenvalue weighted by Gasteiger charge is -2.16. The maximum absolute atomic E-state index is 12.7. The van der Waals surface area contributed by atoms with Crippen molar-refractivity contribution in [2.24, 2.45) is 5.92 Å². The lowest BCUT2D eigenvalue weighted by molar-refractivity contribution is -0.148. The quantitative estimate of drug-likeness (QED) is 0.406. The summed E-state index contributed by atoms with van der Waals surface area (Å²) in [6, 6.07) is 18.0. The Balaban J connectivity index is 1.63. The van der Waals surface area contributed by atoms with Gasteiger partial charge in [0.15, 0.2) is 0 Å². The van der Waals surface area contributed by atoms with E-state index in [2.05, 4.69) is 10.3 Å². The lowest BCUT2D eigenvalue weighted by Crippen LogP contribution is -2.23. The summed E-state index contributed by atoms with van der Waals surface area (Å²) in [7, 11) is 1.59. The normalized spacial score (nSPS) is 11.4. The van der Waals surface area contributed by atoms with E-state index >= 15 is 0 Å². The second-order valence-corrected chi connectivity index (χ2v) is 7.68. The molecule has 0 saturated carbocycles. The summed E-state index contributed by atoms with van der Waals surface area (Å²) < 4.78 is 16.3. The number of esters is 1. The number of carbonyl (C=O) groups excluding carboxylic acids is 2. The molecule has 3 aromatic rings. The van der Waals surface area contributed by atoms with Crippen LogP contribution in [0.4, 0.5) is 0 Å². The monoisotopic (exact) mass is 462 g/mol. The van der Waals surface area contributed by atoms with Crippen LogP contribution in [-0.2, 0) is 22.5 Å². The van der Waals surface area contributed by atoms with Crippen LogP contribution >= 0.6 is 0 Å². The summed E-state index contributed by atoms with van der Waals surface area (Å²) in [6.07, 6.45) is 2.91. The number of hydrogen-bond donors (Lipinski definition) is 1. The van der Waals surface area contributed by atoms with Crippen LogP contribution in [0.1, 0.15) is 41.8 Å². The van der Waals surface area contributed by atoms with Crippen molar-refractivity contribution in [3.8, 4) is 17.4 Å². The van der Waals surface area contributed by atoms with Crippen LogP contribution < -0.4 is 14.8 Å². The minimum atomic E-state index is -0.213. The molecule has 34 heavy (non-hydrogen) atoms. The van der Waals surface area contributed by atoms with Gasteiger partial charge in [-0.15, -0.1) is 0 Å². The summed E-state index contributed by atoms with van der Waals surface area (Å²) in [6.45, 7) is 4.43. The molecule has 0 fully saturated rings. The van der Waals surface area contributed by atoms with Gasteiger partial charge in [-0.25, -0.2) is 4.98 Å². The number of ether oxygens (including phenoxy) is 3. The Hall–Kier alpha value is -3.87. The molecule has 0 radical (unpaired) electrons. The topological polar surface area (TPSA) is 86.8 Å². The molecular formula is C27H30N2O5. The fourth-order valence-electron chi connectivity index (χ4n) is 3.52. The number of amides is 1. The van der Waals surface area contributed by atoms with Gasteiger partial charge in [-0.2, -0.15) is 0 Å². The van der Waals surface area contributed by atoms with Crippen LogP contribution in [0.3, 0.4) is 0 Å². The molecule has 1 unspecified atom stereocenters. The van der Waals surface area contributed by atoms with E-state index in [1.807, 2.05) is 37.3 Å². The highest BCUT2D eigenvalue weighted by molar-refractivity contribution is 5.94. The Morgan fingerprint density at radius 3 is 2.47 bits per heavy atom. The van der Waals surface area contributed by atoms with Gasteiger partial charge in [0.05, 0.1) is 19.6 Å². The van der Waals surface area contributed by atoms with E-state index in [9.17, 15) is 9.59 Å². The van der Waals surface area contributed by atoms with Gasteiger partial charge in [-0.1, -0.05) is 25.1 Å². The molecule has 1 atom stereocenters. The Bertz CT molecular complexity index is 1080. The largest absolute Gasteiger partial charge is 0.496 e. The molecule has 3 rings (SSSR count). The highest BCUT2D eigenvalue weighted by Gasteiger charge is 2.19. The predicted molar refractivity (Wildman–Crippen MR) is 129 cm³/mol. The average molecular weight is 463 g/mol. The molecule has 0 aliphatic heterocycles. The fraction of sp³-hybridized carbons (Fsp3) is 0.296. The van der Waals surface area contributed by atoms with Crippen LogP contribution in [0.5, 0.6) is 17.4 Å². The molecule has 1 amide bonds.